The molecule has 1 aromatic carbocycles. The molecule has 0 radical (unpaired) electrons. The van der Waals surface area contributed by atoms with E-state index in [0.717, 1.165) is 23.0 Å². The van der Waals surface area contributed by atoms with Crippen LogP contribution in [0.25, 0.3) is 11.0 Å². The summed E-state index contributed by atoms with van der Waals surface area (Å²) in [5, 5.41) is 1.15. The van der Waals surface area contributed by atoms with Crippen molar-refractivity contribution >= 4 is 11.0 Å². The summed E-state index contributed by atoms with van der Waals surface area (Å²) in [4.78, 5) is 0. The number of nitrogens with two attached hydrogens (primary N) is 1. The fourth-order valence-electron chi connectivity index (χ4n) is 2.20. The van der Waals surface area contributed by atoms with Gasteiger partial charge in [-0.15, -0.1) is 0 Å². The third-order valence-electron chi connectivity index (χ3n) is 3.23. The Hall–Kier alpha value is -1.28. The maximum Gasteiger partial charge on any atom is 0.134 e. The number of benzene rings is 1. The highest BCUT2D eigenvalue weighted by Gasteiger charge is 2.18. The molecule has 2 aromatic rings. The zero-order valence-corrected chi connectivity index (χ0v) is 9.94. The topological polar surface area (TPSA) is 39.2 Å². The molecule has 86 valence electrons. The Balaban J connectivity index is 2.32. The molecule has 0 aliphatic heterocycles. The van der Waals surface area contributed by atoms with E-state index in [2.05, 4.69) is 19.9 Å². The zero-order chi connectivity index (χ0) is 11.5. The number of hydrogen-bond acceptors (Lipinski definition) is 2. The van der Waals surface area contributed by atoms with Gasteiger partial charge in [-0.25, -0.2) is 0 Å². The Kier molecular flexibility index (Phi) is 3.30. The van der Waals surface area contributed by atoms with E-state index in [0.29, 0.717) is 5.92 Å². The molecule has 0 aliphatic carbocycles. The Morgan fingerprint density at radius 3 is 2.81 bits per heavy atom. The number of furan rings is 1. The third kappa shape index (κ3) is 1.98. The lowest BCUT2D eigenvalue weighted by atomic mass is 9.92. The molecule has 0 spiro atoms. The molecular weight excluding hydrogens is 198 g/mol. The van der Waals surface area contributed by atoms with Crippen LogP contribution < -0.4 is 5.73 Å². The maximum absolute atomic E-state index is 6.28. The molecule has 1 aromatic heterocycles. The molecule has 16 heavy (non-hydrogen) atoms. The van der Waals surface area contributed by atoms with Crippen molar-refractivity contribution in [2.24, 2.45) is 11.7 Å². The maximum atomic E-state index is 6.28. The van der Waals surface area contributed by atoms with Gasteiger partial charge >= 0.3 is 0 Å². The van der Waals surface area contributed by atoms with Crippen LogP contribution in [0.15, 0.2) is 34.9 Å². The largest absolute Gasteiger partial charge is 0.464 e. The molecule has 2 heteroatoms. The first kappa shape index (κ1) is 11.2. The summed E-state index contributed by atoms with van der Waals surface area (Å²) in [6, 6.07) is 8.14. The molecule has 0 aliphatic rings. The lowest BCUT2D eigenvalue weighted by Crippen LogP contribution is -2.18. The lowest BCUT2D eigenvalue weighted by molar-refractivity contribution is 0.431. The van der Waals surface area contributed by atoms with Crippen LogP contribution in [-0.2, 0) is 0 Å². The number of rotatable bonds is 4. The number of hydrogen-bond donors (Lipinski definition) is 1. The average Bonchev–Trinajstić information content (AvgIpc) is 2.72. The van der Waals surface area contributed by atoms with Crippen molar-refractivity contribution in [1.82, 2.24) is 0 Å². The SMILES string of the molecule is CCCC(C)C(N)c1coc2ccccc12. The summed E-state index contributed by atoms with van der Waals surface area (Å²) in [5.74, 6) is 0.492. The Labute approximate surface area is 96.4 Å². The van der Waals surface area contributed by atoms with Gasteiger partial charge in [0.1, 0.15) is 5.58 Å². The van der Waals surface area contributed by atoms with Crippen molar-refractivity contribution in [1.29, 1.82) is 0 Å². The zero-order valence-electron chi connectivity index (χ0n) is 9.94. The first-order chi connectivity index (χ1) is 7.74. The van der Waals surface area contributed by atoms with Crippen LogP contribution >= 0.6 is 0 Å². The molecular formula is C14H19NO. The van der Waals surface area contributed by atoms with E-state index in [1.54, 1.807) is 0 Å². The van der Waals surface area contributed by atoms with Crippen molar-refractivity contribution < 1.29 is 4.42 Å². The van der Waals surface area contributed by atoms with E-state index < -0.39 is 0 Å². The third-order valence-corrected chi connectivity index (χ3v) is 3.23. The van der Waals surface area contributed by atoms with Gasteiger partial charge in [0.2, 0.25) is 0 Å². The van der Waals surface area contributed by atoms with Gasteiger partial charge in [-0.05, 0) is 18.4 Å². The summed E-state index contributed by atoms with van der Waals surface area (Å²) in [6.07, 6.45) is 4.13. The van der Waals surface area contributed by atoms with Crippen LogP contribution in [0.3, 0.4) is 0 Å². The predicted molar refractivity (Wildman–Crippen MR) is 67.2 cm³/mol. The Bertz CT molecular complexity index is 460. The number of fused-ring (bicyclic) bond motifs is 1. The molecule has 0 saturated heterocycles. The molecule has 2 atom stereocenters. The van der Waals surface area contributed by atoms with Crippen LogP contribution in [0, 0.1) is 5.92 Å². The first-order valence-electron chi connectivity index (χ1n) is 5.95. The van der Waals surface area contributed by atoms with Crippen molar-refractivity contribution in [2.45, 2.75) is 32.7 Å². The first-order valence-corrected chi connectivity index (χ1v) is 5.95. The molecule has 0 bridgehead atoms. The van der Waals surface area contributed by atoms with Gasteiger partial charge < -0.3 is 10.2 Å². The van der Waals surface area contributed by atoms with Crippen molar-refractivity contribution in [3.63, 3.8) is 0 Å². The van der Waals surface area contributed by atoms with Crippen molar-refractivity contribution in [3.8, 4) is 0 Å². The predicted octanol–water partition coefficient (Wildman–Crippen LogP) is 3.87. The highest BCUT2D eigenvalue weighted by Crippen LogP contribution is 2.30. The Morgan fingerprint density at radius 2 is 2.06 bits per heavy atom. The second-order valence-electron chi connectivity index (χ2n) is 4.48. The molecule has 2 rings (SSSR count). The van der Waals surface area contributed by atoms with E-state index in [4.69, 9.17) is 10.2 Å². The fraction of sp³-hybridized carbons (Fsp3) is 0.429. The fourth-order valence-corrected chi connectivity index (χ4v) is 2.20. The second-order valence-corrected chi connectivity index (χ2v) is 4.48. The van der Waals surface area contributed by atoms with Gasteiger partial charge in [0.15, 0.2) is 0 Å². The van der Waals surface area contributed by atoms with Crippen LogP contribution in [0.2, 0.25) is 0 Å². The average molecular weight is 217 g/mol. The van der Waals surface area contributed by atoms with Crippen molar-refractivity contribution in [3.05, 3.63) is 36.1 Å². The highest BCUT2D eigenvalue weighted by molar-refractivity contribution is 5.81. The monoisotopic (exact) mass is 217 g/mol. The van der Waals surface area contributed by atoms with Gasteiger partial charge in [0.05, 0.1) is 6.26 Å². The van der Waals surface area contributed by atoms with Crippen LogP contribution in [0.5, 0.6) is 0 Å². The summed E-state index contributed by atoms with van der Waals surface area (Å²) in [6.45, 7) is 4.40. The summed E-state index contributed by atoms with van der Waals surface area (Å²) >= 11 is 0. The van der Waals surface area contributed by atoms with E-state index in [1.807, 2.05) is 24.5 Å². The van der Waals surface area contributed by atoms with Gasteiger partial charge in [0, 0.05) is 17.0 Å². The van der Waals surface area contributed by atoms with E-state index >= 15 is 0 Å². The molecule has 0 amide bonds. The van der Waals surface area contributed by atoms with Crippen LogP contribution in [-0.4, -0.2) is 0 Å². The quantitative estimate of drug-likeness (QED) is 0.844. The normalized spacial score (nSPS) is 15.2. The molecule has 1 heterocycles. The molecule has 0 saturated carbocycles. The van der Waals surface area contributed by atoms with Crippen LogP contribution in [0.1, 0.15) is 38.3 Å². The van der Waals surface area contributed by atoms with Gasteiger partial charge in [-0.2, -0.15) is 0 Å². The van der Waals surface area contributed by atoms with Gasteiger partial charge in [-0.1, -0.05) is 38.5 Å². The molecule has 0 fully saturated rings. The smallest absolute Gasteiger partial charge is 0.134 e. The molecule has 2 unspecified atom stereocenters. The Morgan fingerprint density at radius 1 is 1.31 bits per heavy atom. The number of para-hydroxylation sites is 1. The second kappa shape index (κ2) is 4.71. The van der Waals surface area contributed by atoms with Crippen molar-refractivity contribution in [2.75, 3.05) is 0 Å². The van der Waals surface area contributed by atoms with Gasteiger partial charge in [0.25, 0.3) is 0 Å². The minimum absolute atomic E-state index is 0.0728. The summed E-state index contributed by atoms with van der Waals surface area (Å²) < 4.78 is 5.52. The standard InChI is InChI=1S/C14H19NO/c1-3-6-10(2)14(15)12-9-16-13-8-5-4-7-11(12)13/h4-5,7-10,14H,3,6,15H2,1-2H3. The van der Waals surface area contributed by atoms with E-state index in [1.165, 1.54) is 6.42 Å². The van der Waals surface area contributed by atoms with Gasteiger partial charge in [-0.3, -0.25) is 0 Å². The lowest BCUT2D eigenvalue weighted by Gasteiger charge is -2.18. The van der Waals surface area contributed by atoms with E-state index in [9.17, 15) is 0 Å². The minimum Gasteiger partial charge on any atom is -0.464 e. The summed E-state index contributed by atoms with van der Waals surface area (Å²) in [5.41, 5.74) is 8.34. The highest BCUT2D eigenvalue weighted by atomic mass is 16.3. The summed E-state index contributed by atoms with van der Waals surface area (Å²) in [7, 11) is 0. The molecule has 2 nitrogen and oxygen atoms in total. The van der Waals surface area contributed by atoms with E-state index in [-0.39, 0.29) is 6.04 Å². The minimum atomic E-state index is 0.0728. The van der Waals surface area contributed by atoms with Crippen LogP contribution in [0.4, 0.5) is 0 Å². The molecule has 2 N–H and O–H groups in total.